The Morgan fingerprint density at radius 1 is 0.906 bits per heavy atom. The zero-order valence-electron chi connectivity index (χ0n) is 18.5. The number of piperazine rings is 1. The highest BCUT2D eigenvalue weighted by Gasteiger charge is 2.14. The van der Waals surface area contributed by atoms with Crippen LogP contribution in [0.3, 0.4) is 0 Å². The van der Waals surface area contributed by atoms with Gasteiger partial charge < -0.3 is 20.9 Å². The quantitative estimate of drug-likeness (QED) is 0.464. The zero-order valence-corrected chi connectivity index (χ0v) is 18.5. The van der Waals surface area contributed by atoms with Gasteiger partial charge in [0.25, 0.3) is 0 Å². The van der Waals surface area contributed by atoms with Crippen LogP contribution in [0.15, 0.2) is 66.9 Å². The Morgan fingerprint density at radius 2 is 1.69 bits per heavy atom. The third kappa shape index (κ3) is 4.22. The molecule has 1 aliphatic rings. The monoisotopic (exact) mass is 424 g/mol. The first kappa shape index (κ1) is 20.3. The van der Waals surface area contributed by atoms with Crippen molar-refractivity contribution in [2.24, 2.45) is 0 Å². The van der Waals surface area contributed by atoms with Gasteiger partial charge in [-0.15, -0.1) is 0 Å². The first-order chi connectivity index (χ1) is 15.5. The summed E-state index contributed by atoms with van der Waals surface area (Å²) < 4.78 is 0. The van der Waals surface area contributed by atoms with Gasteiger partial charge in [-0.1, -0.05) is 12.1 Å². The van der Waals surface area contributed by atoms with E-state index in [-0.39, 0.29) is 0 Å². The normalized spacial score (nSPS) is 14.6. The third-order valence-corrected chi connectivity index (χ3v) is 6.14. The second-order valence-corrected chi connectivity index (χ2v) is 8.50. The number of anilines is 4. The fourth-order valence-electron chi connectivity index (χ4n) is 4.16. The van der Waals surface area contributed by atoms with E-state index in [1.807, 2.05) is 30.5 Å². The number of aromatic nitrogens is 2. The maximum atomic E-state index is 5.99. The average Bonchev–Trinajstić information content (AvgIpc) is 2.81. The van der Waals surface area contributed by atoms with Crippen molar-refractivity contribution in [3.05, 3.63) is 72.4 Å². The molecular weight excluding hydrogens is 396 g/mol. The van der Waals surface area contributed by atoms with Crippen molar-refractivity contribution in [3.8, 4) is 11.1 Å². The highest BCUT2D eigenvalue weighted by molar-refractivity contribution is 5.86. The van der Waals surface area contributed by atoms with Crippen LogP contribution in [0.25, 0.3) is 22.0 Å². The molecule has 0 aliphatic carbocycles. The van der Waals surface area contributed by atoms with Gasteiger partial charge in [0.05, 0.1) is 5.52 Å². The molecule has 0 spiro atoms. The predicted molar refractivity (Wildman–Crippen MR) is 134 cm³/mol. The smallest absolute Gasteiger partial charge is 0.227 e. The standard InChI is InChI=1S/C26H28N6/c1-18-3-5-21(27)16-24(18)19-4-10-25-20(15-19)17-28-26(30-25)29-22-6-8-23(9-7-22)32-13-11-31(2)12-14-32/h3-10,15-17H,11-14,27H2,1-2H3,(H,28,29,30). The van der Waals surface area contributed by atoms with Crippen molar-refractivity contribution in [1.82, 2.24) is 14.9 Å². The number of rotatable bonds is 4. The summed E-state index contributed by atoms with van der Waals surface area (Å²) in [7, 11) is 2.17. The molecule has 2 heterocycles. The van der Waals surface area contributed by atoms with Crippen LogP contribution in [-0.2, 0) is 0 Å². The van der Waals surface area contributed by atoms with Crippen molar-refractivity contribution in [3.63, 3.8) is 0 Å². The van der Waals surface area contributed by atoms with Crippen LogP contribution in [-0.4, -0.2) is 48.1 Å². The minimum atomic E-state index is 0.595. The molecule has 162 valence electrons. The van der Waals surface area contributed by atoms with Crippen molar-refractivity contribution in [2.75, 3.05) is 49.2 Å². The Hall–Kier alpha value is -3.64. The summed E-state index contributed by atoms with van der Waals surface area (Å²) in [6.07, 6.45) is 1.87. The highest BCUT2D eigenvalue weighted by atomic mass is 15.2. The molecule has 5 rings (SSSR count). The number of benzene rings is 3. The van der Waals surface area contributed by atoms with E-state index in [2.05, 4.69) is 70.5 Å². The molecule has 1 aromatic heterocycles. The molecule has 0 amide bonds. The number of nitrogens with two attached hydrogens (primary N) is 1. The number of hydrogen-bond donors (Lipinski definition) is 2. The lowest BCUT2D eigenvalue weighted by atomic mass is 9.99. The third-order valence-electron chi connectivity index (χ3n) is 6.14. The first-order valence-corrected chi connectivity index (χ1v) is 11.0. The molecule has 0 radical (unpaired) electrons. The molecule has 0 unspecified atom stereocenters. The van der Waals surface area contributed by atoms with Gasteiger partial charge in [0.1, 0.15) is 0 Å². The molecule has 1 aliphatic heterocycles. The maximum absolute atomic E-state index is 5.99. The van der Waals surface area contributed by atoms with Gasteiger partial charge in [-0.3, -0.25) is 0 Å². The Bertz CT molecular complexity index is 1240. The molecule has 0 bridgehead atoms. The molecule has 3 aromatic carbocycles. The molecule has 3 N–H and O–H groups in total. The molecule has 32 heavy (non-hydrogen) atoms. The fraction of sp³-hybridized carbons (Fsp3) is 0.231. The van der Waals surface area contributed by atoms with Crippen molar-refractivity contribution >= 4 is 33.9 Å². The first-order valence-electron chi connectivity index (χ1n) is 11.0. The molecule has 1 saturated heterocycles. The Morgan fingerprint density at radius 3 is 2.47 bits per heavy atom. The number of nitrogens with zero attached hydrogens (tertiary/aromatic N) is 4. The lowest BCUT2D eigenvalue weighted by Gasteiger charge is -2.34. The summed E-state index contributed by atoms with van der Waals surface area (Å²) >= 11 is 0. The number of nitrogens with one attached hydrogen (secondary N) is 1. The molecule has 6 heteroatoms. The van der Waals surface area contributed by atoms with Gasteiger partial charge in [-0.05, 0) is 79.2 Å². The summed E-state index contributed by atoms with van der Waals surface area (Å²) in [6, 6.07) is 20.7. The second kappa shape index (κ2) is 8.48. The van der Waals surface area contributed by atoms with Crippen LogP contribution in [0, 0.1) is 6.92 Å². The van der Waals surface area contributed by atoms with Crippen LogP contribution in [0.2, 0.25) is 0 Å². The van der Waals surface area contributed by atoms with Crippen molar-refractivity contribution in [1.29, 1.82) is 0 Å². The summed E-state index contributed by atoms with van der Waals surface area (Å²) in [6.45, 7) is 6.42. The molecule has 0 saturated carbocycles. The highest BCUT2D eigenvalue weighted by Crippen LogP contribution is 2.29. The van der Waals surface area contributed by atoms with Crippen LogP contribution in [0.1, 0.15) is 5.56 Å². The number of fused-ring (bicyclic) bond motifs is 1. The van der Waals surface area contributed by atoms with E-state index in [4.69, 9.17) is 10.7 Å². The topological polar surface area (TPSA) is 70.3 Å². The number of hydrogen-bond acceptors (Lipinski definition) is 6. The number of aryl methyl sites for hydroxylation is 1. The Kier molecular flexibility index (Phi) is 5.37. The maximum Gasteiger partial charge on any atom is 0.227 e. The van der Waals surface area contributed by atoms with Crippen molar-refractivity contribution in [2.45, 2.75) is 6.92 Å². The Balaban J connectivity index is 1.33. The largest absolute Gasteiger partial charge is 0.399 e. The molecule has 6 nitrogen and oxygen atoms in total. The number of nitrogen functional groups attached to an aromatic ring is 1. The minimum absolute atomic E-state index is 0.595. The van der Waals surface area contributed by atoms with Gasteiger partial charge >= 0.3 is 0 Å². The lowest BCUT2D eigenvalue weighted by molar-refractivity contribution is 0.313. The van der Waals surface area contributed by atoms with Crippen LogP contribution in [0.4, 0.5) is 23.0 Å². The van der Waals surface area contributed by atoms with Gasteiger partial charge in [-0.25, -0.2) is 9.97 Å². The van der Waals surface area contributed by atoms with E-state index < -0.39 is 0 Å². The van der Waals surface area contributed by atoms with E-state index in [0.717, 1.165) is 59.6 Å². The van der Waals surface area contributed by atoms with Crippen LogP contribution in [0.5, 0.6) is 0 Å². The van der Waals surface area contributed by atoms with Gasteiger partial charge in [-0.2, -0.15) is 0 Å². The molecule has 4 aromatic rings. The predicted octanol–water partition coefficient (Wildman–Crippen LogP) is 4.68. The summed E-state index contributed by atoms with van der Waals surface area (Å²) in [5.41, 5.74) is 13.3. The summed E-state index contributed by atoms with van der Waals surface area (Å²) in [4.78, 5) is 14.0. The van der Waals surface area contributed by atoms with Crippen LogP contribution < -0.4 is 16.0 Å². The molecule has 0 atom stereocenters. The van der Waals surface area contributed by atoms with E-state index in [1.165, 1.54) is 11.3 Å². The van der Waals surface area contributed by atoms with Gasteiger partial charge in [0.15, 0.2) is 0 Å². The summed E-state index contributed by atoms with van der Waals surface area (Å²) in [5, 5.41) is 4.33. The summed E-state index contributed by atoms with van der Waals surface area (Å²) in [5.74, 6) is 0.595. The lowest BCUT2D eigenvalue weighted by Crippen LogP contribution is -2.44. The van der Waals surface area contributed by atoms with Crippen molar-refractivity contribution < 1.29 is 0 Å². The fourth-order valence-corrected chi connectivity index (χ4v) is 4.16. The van der Waals surface area contributed by atoms with E-state index >= 15 is 0 Å². The van der Waals surface area contributed by atoms with Gasteiger partial charge in [0.2, 0.25) is 5.95 Å². The zero-order chi connectivity index (χ0) is 22.1. The van der Waals surface area contributed by atoms with E-state index in [9.17, 15) is 0 Å². The number of likely N-dealkylation sites (N-methyl/N-ethyl adjacent to an activating group) is 1. The Labute approximate surface area is 188 Å². The molecular formula is C26H28N6. The van der Waals surface area contributed by atoms with Crippen LogP contribution >= 0.6 is 0 Å². The molecule has 1 fully saturated rings. The second-order valence-electron chi connectivity index (χ2n) is 8.50. The van der Waals surface area contributed by atoms with Gasteiger partial charge in [0, 0.05) is 54.8 Å². The van der Waals surface area contributed by atoms with E-state index in [1.54, 1.807) is 0 Å². The minimum Gasteiger partial charge on any atom is -0.399 e. The average molecular weight is 425 g/mol. The SMILES string of the molecule is Cc1ccc(N)cc1-c1ccc2nc(Nc3ccc(N4CCN(C)CC4)cc3)ncc2c1. The van der Waals surface area contributed by atoms with E-state index in [0.29, 0.717) is 5.95 Å².